The number of amides is 1. The number of ketones is 3. The molecule has 1 fully saturated rings. The number of benzene rings is 1. The van der Waals surface area contributed by atoms with Crippen molar-refractivity contribution < 1.29 is 44.7 Å². The fourth-order valence-electron chi connectivity index (χ4n) is 6.68. The topological polar surface area (TPSA) is 199 Å². The lowest BCUT2D eigenvalue weighted by Crippen LogP contribution is -2.70. The van der Waals surface area contributed by atoms with Crippen LogP contribution in [-0.4, -0.2) is 85.5 Å². The molecule has 3 aliphatic carbocycles. The van der Waals surface area contributed by atoms with Gasteiger partial charge in [0.1, 0.15) is 28.6 Å². The van der Waals surface area contributed by atoms with Gasteiger partial charge in [-0.1, -0.05) is 26.8 Å². The van der Waals surface area contributed by atoms with Crippen molar-refractivity contribution in [2.45, 2.75) is 57.3 Å². The number of nitrogens with two attached hydrogens (primary N) is 1. The molecule has 7 N–H and O–H groups in total. The molecule has 0 aromatic heterocycles. The van der Waals surface area contributed by atoms with E-state index >= 15 is 0 Å². The van der Waals surface area contributed by atoms with Gasteiger partial charge < -0.3 is 31.3 Å². The first-order valence-corrected chi connectivity index (χ1v) is 12.8. The normalized spacial score (nSPS) is 30.4. The number of aliphatic hydroxyl groups excluding tert-OH is 3. The van der Waals surface area contributed by atoms with E-state index in [4.69, 9.17) is 5.73 Å². The number of rotatable bonds is 6. The number of aliphatic hydroxyl groups is 4. The maximum absolute atomic E-state index is 14.0. The Morgan fingerprint density at radius 3 is 2.28 bits per heavy atom. The Bertz CT molecular complexity index is 1360. The Balaban J connectivity index is 1.99. The fourth-order valence-corrected chi connectivity index (χ4v) is 6.68. The maximum atomic E-state index is 14.0. The Kier molecular flexibility index (Phi) is 6.99. The highest BCUT2D eigenvalue weighted by Gasteiger charge is 2.68. The summed E-state index contributed by atoms with van der Waals surface area (Å²) in [5.41, 5.74) is 1.64. The van der Waals surface area contributed by atoms with Gasteiger partial charge in [0.15, 0.2) is 11.4 Å². The van der Waals surface area contributed by atoms with Crippen LogP contribution in [0.4, 0.5) is 0 Å². The van der Waals surface area contributed by atoms with Crippen molar-refractivity contribution >= 4 is 29.0 Å². The molecule has 1 aromatic carbocycles. The van der Waals surface area contributed by atoms with Gasteiger partial charge in [-0.3, -0.25) is 24.1 Å². The van der Waals surface area contributed by atoms with Crippen LogP contribution in [0, 0.1) is 17.8 Å². The molecule has 1 saturated carbocycles. The van der Waals surface area contributed by atoms with E-state index in [1.54, 1.807) is 13.0 Å². The van der Waals surface area contributed by atoms with Crippen LogP contribution in [0.15, 0.2) is 29.0 Å². The van der Waals surface area contributed by atoms with Gasteiger partial charge in [0.05, 0.1) is 23.6 Å². The third-order valence-electron chi connectivity index (χ3n) is 8.22. The van der Waals surface area contributed by atoms with Crippen molar-refractivity contribution in [3.8, 4) is 5.75 Å². The second kappa shape index (κ2) is 9.58. The van der Waals surface area contributed by atoms with Gasteiger partial charge in [0, 0.05) is 24.3 Å². The number of hydrogen-bond donors (Lipinski definition) is 6. The largest absolute Gasteiger partial charge is 0.508 e. The molecule has 6 atom stereocenters. The predicted molar refractivity (Wildman–Crippen MR) is 139 cm³/mol. The van der Waals surface area contributed by atoms with Crippen molar-refractivity contribution in [3.63, 3.8) is 0 Å². The van der Waals surface area contributed by atoms with Gasteiger partial charge in [-0.2, -0.15) is 0 Å². The van der Waals surface area contributed by atoms with Crippen LogP contribution >= 0.6 is 0 Å². The summed E-state index contributed by atoms with van der Waals surface area (Å²) in [5.74, 6) is -9.53. The van der Waals surface area contributed by atoms with Crippen LogP contribution in [0.2, 0.25) is 0 Å². The second-order valence-electron chi connectivity index (χ2n) is 11.4. The number of carbonyl (C=O) groups excluding carboxylic acids is 4. The average Bonchev–Trinajstić information content (AvgIpc) is 2.81. The minimum absolute atomic E-state index is 0.0117. The number of phenols is 1. The van der Waals surface area contributed by atoms with E-state index in [1.807, 2.05) is 13.8 Å². The van der Waals surface area contributed by atoms with E-state index in [0.717, 1.165) is 0 Å². The number of primary amides is 1. The zero-order valence-electron chi connectivity index (χ0n) is 22.4. The minimum Gasteiger partial charge on any atom is -0.508 e. The summed E-state index contributed by atoms with van der Waals surface area (Å²) in [7, 11) is 2.89. The molecule has 210 valence electrons. The summed E-state index contributed by atoms with van der Waals surface area (Å²) < 4.78 is 0. The van der Waals surface area contributed by atoms with Gasteiger partial charge in [0.2, 0.25) is 5.78 Å². The minimum atomic E-state index is -2.97. The van der Waals surface area contributed by atoms with Gasteiger partial charge in [-0.15, -0.1) is 0 Å². The Hall–Kier alpha value is -3.54. The van der Waals surface area contributed by atoms with Gasteiger partial charge in [-0.25, -0.2) is 0 Å². The fraction of sp³-hybridized carbons (Fsp3) is 0.500. The lowest BCUT2D eigenvalue weighted by Gasteiger charge is -2.53. The Morgan fingerprint density at radius 1 is 1.13 bits per heavy atom. The van der Waals surface area contributed by atoms with Gasteiger partial charge in [-0.05, 0) is 43.1 Å². The third-order valence-corrected chi connectivity index (χ3v) is 8.22. The first kappa shape index (κ1) is 28.5. The van der Waals surface area contributed by atoms with E-state index in [-0.39, 0.29) is 29.4 Å². The van der Waals surface area contributed by atoms with Crippen LogP contribution in [-0.2, 0) is 25.6 Å². The molecule has 3 aliphatic rings. The van der Waals surface area contributed by atoms with E-state index < -0.39 is 75.6 Å². The Labute approximate surface area is 225 Å². The molecule has 0 bridgehead atoms. The van der Waals surface area contributed by atoms with E-state index in [1.165, 1.54) is 25.1 Å². The number of Topliss-reactive ketones (excluding diaryl/α,β-unsaturated/α-hetero) is 3. The summed E-state index contributed by atoms with van der Waals surface area (Å²) >= 11 is 0. The summed E-state index contributed by atoms with van der Waals surface area (Å²) in [6.45, 7) is 5.45. The predicted octanol–water partition coefficient (Wildman–Crippen LogP) is 0.654. The summed E-state index contributed by atoms with van der Waals surface area (Å²) in [6.07, 6.45) is -1.40. The zero-order valence-corrected chi connectivity index (χ0v) is 22.4. The maximum Gasteiger partial charge on any atom is 0.255 e. The van der Waals surface area contributed by atoms with Crippen molar-refractivity contribution in [1.29, 1.82) is 0 Å². The van der Waals surface area contributed by atoms with Crippen LogP contribution in [0.25, 0.3) is 5.76 Å². The van der Waals surface area contributed by atoms with Crippen molar-refractivity contribution in [2.24, 2.45) is 23.5 Å². The van der Waals surface area contributed by atoms with Crippen LogP contribution < -0.4 is 5.73 Å². The molecule has 1 aromatic rings. The lowest BCUT2D eigenvalue weighted by atomic mass is 9.54. The molecule has 0 unspecified atom stereocenters. The highest BCUT2D eigenvalue weighted by Crippen LogP contribution is 2.56. The molecule has 0 radical (unpaired) electrons. The monoisotopic (exact) mass is 542 g/mol. The smallest absolute Gasteiger partial charge is 0.255 e. The molecule has 1 amide bonds. The molecule has 11 nitrogen and oxygen atoms in total. The van der Waals surface area contributed by atoms with Crippen LogP contribution in [0.3, 0.4) is 0 Å². The van der Waals surface area contributed by atoms with E-state index in [0.29, 0.717) is 17.5 Å². The van der Waals surface area contributed by atoms with Gasteiger partial charge in [0.25, 0.3) is 5.91 Å². The van der Waals surface area contributed by atoms with E-state index in [2.05, 4.69) is 0 Å². The number of hydrogen-bond acceptors (Lipinski definition) is 10. The van der Waals surface area contributed by atoms with Gasteiger partial charge >= 0.3 is 0 Å². The average molecular weight is 543 g/mol. The van der Waals surface area contributed by atoms with Crippen molar-refractivity contribution in [1.82, 2.24) is 4.90 Å². The molecule has 0 aliphatic heterocycles. The summed E-state index contributed by atoms with van der Waals surface area (Å²) in [6, 6.07) is 1.40. The molecule has 0 heterocycles. The highest BCUT2D eigenvalue weighted by atomic mass is 16.4. The summed E-state index contributed by atoms with van der Waals surface area (Å²) in [5, 5.41) is 56.4. The number of carbonyl (C=O) groups is 4. The highest BCUT2D eigenvalue weighted by molar-refractivity contribution is 6.24. The molecule has 0 saturated heterocycles. The van der Waals surface area contributed by atoms with Crippen molar-refractivity contribution in [2.75, 3.05) is 14.1 Å². The first-order valence-electron chi connectivity index (χ1n) is 12.8. The Morgan fingerprint density at radius 2 is 1.74 bits per heavy atom. The molecule has 0 spiro atoms. The molecule has 39 heavy (non-hydrogen) atoms. The molecular weight excluding hydrogens is 508 g/mol. The number of aromatic hydroxyl groups is 1. The van der Waals surface area contributed by atoms with E-state index in [9.17, 15) is 44.7 Å². The van der Waals surface area contributed by atoms with Crippen LogP contribution in [0.1, 0.15) is 49.8 Å². The standard InChI is InChI=1S/C28H34N2O9/c1-10(2)8-13(31)9-12-6-7-14(32)17-15(12)11(3)16-18(22(17)33)25(36)28(39)20(23(16)34)21(30(4)5)24(35)19(26(28)37)27(29)38/h6-7,10-11,16,20-21,23,32-34,37,39H,8-9H2,1-5H3,(H2,29,38)/t11-,16+,20+,21-,23-,28-/m1/s1. The number of fused-ring (bicyclic) bond motifs is 3. The first-order chi connectivity index (χ1) is 18.1. The zero-order chi connectivity index (χ0) is 29.3. The number of nitrogens with zero attached hydrogens (tertiary/aromatic N) is 1. The lowest BCUT2D eigenvalue weighted by molar-refractivity contribution is -0.169. The third kappa shape index (κ3) is 3.98. The molecular formula is C28H34N2O9. The summed E-state index contributed by atoms with van der Waals surface area (Å²) in [4.78, 5) is 53.4. The number of likely N-dealkylation sites (N-methyl/N-ethyl adjacent to an activating group) is 1. The SMILES string of the molecule is CC(C)CC(=O)Cc1ccc(O)c2c1[C@@H](C)[C@H]1C(=C2O)C(=O)[C@@]2(O)C(O)=C(C(N)=O)C(=O)[C@H](N(C)C)[C@H]2[C@@H]1O. The molecule has 4 rings (SSSR count). The second-order valence-corrected chi connectivity index (χ2v) is 11.4. The quantitative estimate of drug-likeness (QED) is 0.277. The number of phenolic OH excluding ortho intramolecular Hbond substituents is 1. The molecule has 11 heteroatoms. The van der Waals surface area contributed by atoms with Crippen LogP contribution in [0.5, 0.6) is 5.75 Å². The van der Waals surface area contributed by atoms with Crippen molar-refractivity contribution in [3.05, 3.63) is 45.7 Å².